The highest BCUT2D eigenvalue weighted by atomic mass is 16.1. The molecule has 0 N–H and O–H groups in total. The standard InChI is InChI=1S/C14H16N6O/c1-10(2)6-20-13(16-8-18-20)7-19-9-17-12-5-15-4-3-11(12)14(19)21/h3-5,8-10H,6-7H2,1-2H3. The lowest BCUT2D eigenvalue weighted by Crippen LogP contribution is -2.23. The monoisotopic (exact) mass is 284 g/mol. The maximum Gasteiger partial charge on any atom is 0.261 e. The van der Waals surface area contributed by atoms with Crippen molar-refractivity contribution in [3.05, 3.63) is 47.3 Å². The van der Waals surface area contributed by atoms with Gasteiger partial charge in [0.15, 0.2) is 0 Å². The molecular weight excluding hydrogens is 268 g/mol. The average Bonchev–Trinajstić information content (AvgIpc) is 2.89. The maximum absolute atomic E-state index is 12.4. The van der Waals surface area contributed by atoms with Crippen LogP contribution in [0, 0.1) is 5.92 Å². The van der Waals surface area contributed by atoms with Crippen LogP contribution in [0.4, 0.5) is 0 Å². The molecule has 0 aliphatic rings. The molecule has 0 amide bonds. The molecule has 0 atom stereocenters. The van der Waals surface area contributed by atoms with Crippen molar-refractivity contribution in [3.8, 4) is 0 Å². The van der Waals surface area contributed by atoms with E-state index in [1.165, 1.54) is 12.7 Å². The van der Waals surface area contributed by atoms with Crippen LogP contribution in [0.2, 0.25) is 0 Å². The lowest BCUT2D eigenvalue weighted by atomic mass is 10.2. The van der Waals surface area contributed by atoms with Gasteiger partial charge in [0.05, 0.1) is 30.0 Å². The Morgan fingerprint density at radius 1 is 1.29 bits per heavy atom. The Balaban J connectivity index is 1.97. The highest BCUT2D eigenvalue weighted by molar-refractivity contribution is 5.75. The normalized spacial score (nSPS) is 11.4. The van der Waals surface area contributed by atoms with E-state index < -0.39 is 0 Å². The van der Waals surface area contributed by atoms with Crippen molar-refractivity contribution in [2.45, 2.75) is 26.9 Å². The molecule has 21 heavy (non-hydrogen) atoms. The van der Waals surface area contributed by atoms with Gasteiger partial charge in [-0.25, -0.2) is 14.6 Å². The summed E-state index contributed by atoms with van der Waals surface area (Å²) in [5.74, 6) is 1.21. The summed E-state index contributed by atoms with van der Waals surface area (Å²) >= 11 is 0. The summed E-state index contributed by atoms with van der Waals surface area (Å²) in [6.07, 6.45) is 6.22. The van der Waals surface area contributed by atoms with Crippen LogP contribution in [-0.4, -0.2) is 29.3 Å². The van der Waals surface area contributed by atoms with E-state index in [-0.39, 0.29) is 5.56 Å². The van der Waals surface area contributed by atoms with Crippen LogP contribution in [0.1, 0.15) is 19.7 Å². The Bertz CT molecular complexity index is 819. The van der Waals surface area contributed by atoms with Gasteiger partial charge < -0.3 is 0 Å². The fraction of sp³-hybridized carbons (Fsp3) is 0.357. The number of pyridine rings is 1. The molecule has 3 heterocycles. The molecule has 0 fully saturated rings. The summed E-state index contributed by atoms with van der Waals surface area (Å²) < 4.78 is 3.37. The molecule has 0 spiro atoms. The SMILES string of the molecule is CC(C)Cn1ncnc1Cn1cnc2cnccc2c1=O. The van der Waals surface area contributed by atoms with Crippen LogP contribution >= 0.6 is 0 Å². The van der Waals surface area contributed by atoms with Crippen LogP contribution < -0.4 is 5.56 Å². The second kappa shape index (κ2) is 5.43. The zero-order valence-electron chi connectivity index (χ0n) is 12.0. The highest BCUT2D eigenvalue weighted by Gasteiger charge is 2.09. The minimum atomic E-state index is -0.0958. The van der Waals surface area contributed by atoms with Crippen molar-refractivity contribution in [3.63, 3.8) is 0 Å². The van der Waals surface area contributed by atoms with Gasteiger partial charge >= 0.3 is 0 Å². The lowest BCUT2D eigenvalue weighted by molar-refractivity contribution is 0.459. The van der Waals surface area contributed by atoms with Crippen LogP contribution in [0.15, 0.2) is 35.9 Å². The molecule has 0 aliphatic carbocycles. The first kappa shape index (κ1) is 13.4. The van der Waals surface area contributed by atoms with Gasteiger partial charge in [-0.15, -0.1) is 0 Å². The summed E-state index contributed by atoms with van der Waals surface area (Å²) in [5, 5.41) is 4.76. The number of nitrogens with zero attached hydrogens (tertiary/aromatic N) is 6. The molecule has 0 aliphatic heterocycles. The smallest absolute Gasteiger partial charge is 0.261 e. The second-order valence-corrected chi connectivity index (χ2v) is 5.32. The largest absolute Gasteiger partial charge is 0.291 e. The van der Waals surface area contributed by atoms with Crippen molar-refractivity contribution in [2.75, 3.05) is 0 Å². The quantitative estimate of drug-likeness (QED) is 0.716. The van der Waals surface area contributed by atoms with E-state index in [0.717, 1.165) is 12.4 Å². The van der Waals surface area contributed by atoms with Gasteiger partial charge in [-0.05, 0) is 12.0 Å². The predicted octanol–water partition coefficient (Wildman–Crippen LogP) is 1.09. The van der Waals surface area contributed by atoms with E-state index >= 15 is 0 Å². The van der Waals surface area contributed by atoms with Crippen molar-refractivity contribution >= 4 is 10.9 Å². The van der Waals surface area contributed by atoms with E-state index in [2.05, 4.69) is 33.9 Å². The van der Waals surface area contributed by atoms with E-state index in [9.17, 15) is 4.79 Å². The van der Waals surface area contributed by atoms with E-state index in [0.29, 0.717) is 23.4 Å². The first-order valence-electron chi connectivity index (χ1n) is 6.81. The molecule has 0 bridgehead atoms. The minimum Gasteiger partial charge on any atom is -0.291 e. The van der Waals surface area contributed by atoms with Crippen molar-refractivity contribution in [1.29, 1.82) is 0 Å². The third kappa shape index (κ3) is 2.67. The Kier molecular flexibility index (Phi) is 3.47. The van der Waals surface area contributed by atoms with Gasteiger partial charge in [0.25, 0.3) is 5.56 Å². The van der Waals surface area contributed by atoms with Gasteiger partial charge in [-0.2, -0.15) is 5.10 Å². The summed E-state index contributed by atoms with van der Waals surface area (Å²) in [6, 6.07) is 1.68. The summed E-state index contributed by atoms with van der Waals surface area (Å²) in [6.45, 7) is 5.36. The fourth-order valence-corrected chi connectivity index (χ4v) is 2.18. The van der Waals surface area contributed by atoms with Gasteiger partial charge in [0, 0.05) is 12.7 Å². The van der Waals surface area contributed by atoms with Crippen molar-refractivity contribution < 1.29 is 0 Å². The third-order valence-electron chi connectivity index (χ3n) is 3.17. The van der Waals surface area contributed by atoms with Crippen LogP contribution in [-0.2, 0) is 13.1 Å². The first-order valence-corrected chi connectivity index (χ1v) is 6.81. The maximum atomic E-state index is 12.4. The topological polar surface area (TPSA) is 78.5 Å². The van der Waals surface area contributed by atoms with Gasteiger partial charge in [-0.3, -0.25) is 14.3 Å². The summed E-state index contributed by atoms with van der Waals surface area (Å²) in [4.78, 5) is 24.9. The molecule has 3 rings (SSSR count). The zero-order valence-corrected chi connectivity index (χ0v) is 12.0. The van der Waals surface area contributed by atoms with Crippen LogP contribution in [0.3, 0.4) is 0 Å². The number of fused-ring (bicyclic) bond motifs is 1. The molecule has 7 nitrogen and oxygen atoms in total. The van der Waals surface area contributed by atoms with E-state index in [1.807, 2.05) is 4.68 Å². The molecule has 0 saturated carbocycles. The molecule has 3 aromatic rings. The molecule has 108 valence electrons. The van der Waals surface area contributed by atoms with Crippen molar-refractivity contribution in [2.24, 2.45) is 5.92 Å². The summed E-state index contributed by atoms with van der Waals surface area (Å²) in [7, 11) is 0. The number of hydrogen-bond acceptors (Lipinski definition) is 5. The number of aromatic nitrogens is 6. The Hall–Kier alpha value is -2.57. The highest BCUT2D eigenvalue weighted by Crippen LogP contribution is 2.05. The molecule has 0 radical (unpaired) electrons. The fourth-order valence-electron chi connectivity index (χ4n) is 2.18. The first-order chi connectivity index (χ1) is 10.1. The molecule has 3 aromatic heterocycles. The molecule has 0 aromatic carbocycles. The third-order valence-corrected chi connectivity index (χ3v) is 3.17. The minimum absolute atomic E-state index is 0.0958. The number of rotatable bonds is 4. The average molecular weight is 284 g/mol. The van der Waals surface area contributed by atoms with Gasteiger partial charge in [-0.1, -0.05) is 13.8 Å². The second-order valence-electron chi connectivity index (χ2n) is 5.32. The molecule has 7 heteroatoms. The van der Waals surface area contributed by atoms with Crippen LogP contribution in [0.5, 0.6) is 0 Å². The Labute approximate surface area is 121 Å². The van der Waals surface area contributed by atoms with E-state index in [4.69, 9.17) is 0 Å². The van der Waals surface area contributed by atoms with Crippen molar-refractivity contribution in [1.82, 2.24) is 29.3 Å². The predicted molar refractivity (Wildman–Crippen MR) is 77.8 cm³/mol. The number of hydrogen-bond donors (Lipinski definition) is 0. The van der Waals surface area contributed by atoms with Gasteiger partial charge in [0.1, 0.15) is 12.2 Å². The summed E-state index contributed by atoms with van der Waals surface area (Å²) in [5.41, 5.74) is 0.504. The van der Waals surface area contributed by atoms with Gasteiger partial charge in [0.2, 0.25) is 0 Å². The molecule has 0 unspecified atom stereocenters. The molecule has 0 saturated heterocycles. The Morgan fingerprint density at radius 2 is 2.14 bits per heavy atom. The zero-order chi connectivity index (χ0) is 14.8. The lowest BCUT2D eigenvalue weighted by Gasteiger charge is -2.10. The van der Waals surface area contributed by atoms with E-state index in [1.54, 1.807) is 23.0 Å². The van der Waals surface area contributed by atoms with Crippen LogP contribution in [0.25, 0.3) is 10.9 Å². The molecular formula is C14H16N6O. The Morgan fingerprint density at radius 3 is 2.95 bits per heavy atom.